The van der Waals surface area contributed by atoms with Crippen LogP contribution < -0.4 is 4.74 Å². The zero-order valence-electron chi connectivity index (χ0n) is 4.72. The Morgan fingerprint density at radius 1 is 1.62 bits per heavy atom. The summed E-state index contributed by atoms with van der Waals surface area (Å²) in [6.45, 7) is 0. The normalized spacial score (nSPS) is 8.62. The Kier molecular flexibility index (Phi) is 1.52. The maximum absolute atomic E-state index is 4.88. The van der Waals surface area contributed by atoms with E-state index in [0.717, 1.165) is 5.75 Å². The molecule has 0 saturated carbocycles. The fourth-order valence-corrected chi connectivity index (χ4v) is 0.504. The molecule has 42 valence electrons. The van der Waals surface area contributed by atoms with Crippen LogP contribution in [0.2, 0.25) is 0 Å². The van der Waals surface area contributed by atoms with E-state index < -0.39 is 0 Å². The molecule has 1 heteroatoms. The van der Waals surface area contributed by atoms with Crippen LogP contribution in [0.25, 0.3) is 0 Å². The van der Waals surface area contributed by atoms with Crippen molar-refractivity contribution in [2.24, 2.45) is 0 Å². The summed E-state index contributed by atoms with van der Waals surface area (Å²) >= 11 is 0. The van der Waals surface area contributed by atoms with Crippen molar-refractivity contribution in [2.45, 2.75) is 0 Å². The van der Waals surface area contributed by atoms with Gasteiger partial charge in [-0.3, -0.25) is 0 Å². The Morgan fingerprint density at radius 2 is 2.50 bits per heavy atom. The fourth-order valence-electron chi connectivity index (χ4n) is 0.504. The second-order valence-corrected chi connectivity index (χ2v) is 1.44. The van der Waals surface area contributed by atoms with E-state index in [9.17, 15) is 0 Å². The second kappa shape index (κ2) is 2.36. The van der Waals surface area contributed by atoms with Crippen molar-refractivity contribution < 1.29 is 4.74 Å². The largest absolute Gasteiger partial charge is 0.554 e. The van der Waals surface area contributed by atoms with Crippen molar-refractivity contribution in [3.05, 3.63) is 30.3 Å². The van der Waals surface area contributed by atoms with Crippen molar-refractivity contribution in [3.63, 3.8) is 0 Å². The highest BCUT2D eigenvalue weighted by molar-refractivity contribution is 5.19. The van der Waals surface area contributed by atoms with E-state index in [4.69, 9.17) is 4.74 Å². The lowest BCUT2D eigenvalue weighted by Crippen LogP contribution is -1.78. The molecule has 0 aromatic heterocycles. The Hall–Kier alpha value is -0.980. The standard InChI is InChI=1S/C7H7O/c1-8-7-5-3-2-4-6-7/h2-3,5-6H,1H3/q-1. The smallest absolute Gasteiger partial charge is 0.0606 e. The van der Waals surface area contributed by atoms with Gasteiger partial charge >= 0.3 is 0 Å². The Balaban J connectivity index is 2.83. The maximum atomic E-state index is 4.88. The molecule has 1 aromatic carbocycles. The van der Waals surface area contributed by atoms with Gasteiger partial charge in [0.05, 0.1) is 7.11 Å². The summed E-state index contributed by atoms with van der Waals surface area (Å²) in [5.74, 6) is 0.854. The van der Waals surface area contributed by atoms with E-state index >= 15 is 0 Å². The van der Waals surface area contributed by atoms with Crippen LogP contribution >= 0.6 is 0 Å². The van der Waals surface area contributed by atoms with Crippen LogP contribution in [-0.2, 0) is 0 Å². The molecule has 1 rings (SSSR count). The summed E-state index contributed by atoms with van der Waals surface area (Å²) < 4.78 is 4.88. The number of ether oxygens (including phenoxy) is 1. The van der Waals surface area contributed by atoms with Gasteiger partial charge in [-0.2, -0.15) is 18.2 Å². The lowest BCUT2D eigenvalue weighted by atomic mass is 10.3. The zero-order valence-corrected chi connectivity index (χ0v) is 4.72. The first-order chi connectivity index (χ1) is 3.93. The quantitative estimate of drug-likeness (QED) is 0.494. The molecule has 0 radical (unpaired) electrons. The van der Waals surface area contributed by atoms with Crippen molar-refractivity contribution in [1.29, 1.82) is 0 Å². The number of hydrogen-bond acceptors (Lipinski definition) is 1. The highest BCUT2D eigenvalue weighted by Gasteiger charge is 1.69. The molecule has 0 amide bonds. The van der Waals surface area contributed by atoms with Crippen LogP contribution in [0.1, 0.15) is 0 Å². The lowest BCUT2D eigenvalue weighted by molar-refractivity contribution is 0.414. The predicted molar refractivity (Wildman–Crippen MR) is 31.8 cm³/mol. The fraction of sp³-hybridized carbons (Fsp3) is 0.143. The van der Waals surface area contributed by atoms with E-state index in [0.29, 0.717) is 0 Å². The third-order valence-corrected chi connectivity index (χ3v) is 0.914. The Morgan fingerprint density at radius 3 is 2.88 bits per heavy atom. The van der Waals surface area contributed by atoms with Crippen LogP contribution in [0.5, 0.6) is 5.75 Å². The first kappa shape index (κ1) is 5.16. The van der Waals surface area contributed by atoms with Gasteiger partial charge in [0.2, 0.25) is 0 Å². The van der Waals surface area contributed by atoms with E-state index in [1.807, 2.05) is 18.2 Å². The van der Waals surface area contributed by atoms with Crippen LogP contribution in [0.3, 0.4) is 0 Å². The SMILES string of the molecule is COc1c[c-]ccc1. The molecule has 1 nitrogen and oxygen atoms in total. The molecule has 0 fully saturated rings. The van der Waals surface area contributed by atoms with E-state index in [2.05, 4.69) is 6.07 Å². The number of methoxy groups -OCH3 is 1. The van der Waals surface area contributed by atoms with Crippen molar-refractivity contribution >= 4 is 0 Å². The Bertz CT molecular complexity index is 146. The average Bonchev–Trinajstić information content (AvgIpc) is 1.90. The predicted octanol–water partition coefficient (Wildman–Crippen LogP) is 1.50. The van der Waals surface area contributed by atoms with E-state index in [-0.39, 0.29) is 0 Å². The van der Waals surface area contributed by atoms with Crippen LogP contribution in [0.4, 0.5) is 0 Å². The monoisotopic (exact) mass is 107 g/mol. The summed E-state index contributed by atoms with van der Waals surface area (Å²) in [6, 6.07) is 10.3. The third kappa shape index (κ3) is 0.997. The molecule has 0 saturated heterocycles. The minimum absolute atomic E-state index is 0.854. The van der Waals surface area contributed by atoms with Crippen LogP contribution in [0.15, 0.2) is 24.3 Å². The number of rotatable bonds is 1. The Labute approximate surface area is 48.9 Å². The topological polar surface area (TPSA) is 9.23 Å². The van der Waals surface area contributed by atoms with Crippen LogP contribution in [0, 0.1) is 6.07 Å². The molecular weight excluding hydrogens is 100 g/mol. The molecule has 8 heavy (non-hydrogen) atoms. The third-order valence-electron chi connectivity index (χ3n) is 0.914. The summed E-state index contributed by atoms with van der Waals surface area (Å²) in [6.07, 6.45) is 0. The minimum Gasteiger partial charge on any atom is -0.554 e. The molecule has 0 aliphatic rings. The summed E-state index contributed by atoms with van der Waals surface area (Å²) in [5, 5.41) is 0. The molecule has 0 bridgehead atoms. The molecule has 0 aliphatic carbocycles. The molecule has 1 aromatic rings. The van der Waals surface area contributed by atoms with Gasteiger partial charge < -0.3 is 4.74 Å². The van der Waals surface area contributed by atoms with E-state index in [1.165, 1.54) is 0 Å². The first-order valence-corrected chi connectivity index (χ1v) is 2.43. The average molecular weight is 107 g/mol. The highest BCUT2D eigenvalue weighted by Crippen LogP contribution is 2.04. The minimum atomic E-state index is 0.854. The van der Waals surface area contributed by atoms with Gasteiger partial charge in [0, 0.05) is 5.75 Å². The summed E-state index contributed by atoms with van der Waals surface area (Å²) in [5.41, 5.74) is 0. The number of benzene rings is 1. The molecule has 0 aliphatic heterocycles. The van der Waals surface area contributed by atoms with Crippen molar-refractivity contribution in [2.75, 3.05) is 7.11 Å². The molecular formula is C7H7O-. The molecule has 0 unspecified atom stereocenters. The number of hydrogen-bond donors (Lipinski definition) is 0. The molecule has 0 heterocycles. The van der Waals surface area contributed by atoms with Gasteiger partial charge in [0.15, 0.2) is 0 Å². The van der Waals surface area contributed by atoms with E-state index in [1.54, 1.807) is 13.2 Å². The van der Waals surface area contributed by atoms with Crippen LogP contribution in [-0.4, -0.2) is 7.11 Å². The summed E-state index contributed by atoms with van der Waals surface area (Å²) in [4.78, 5) is 0. The van der Waals surface area contributed by atoms with Gasteiger partial charge in [0.25, 0.3) is 0 Å². The van der Waals surface area contributed by atoms with Crippen molar-refractivity contribution in [1.82, 2.24) is 0 Å². The maximum Gasteiger partial charge on any atom is 0.0606 e. The van der Waals surface area contributed by atoms with Crippen molar-refractivity contribution in [3.8, 4) is 5.75 Å². The first-order valence-electron chi connectivity index (χ1n) is 2.43. The molecule has 0 spiro atoms. The zero-order chi connectivity index (χ0) is 5.82. The molecule has 0 atom stereocenters. The molecule has 0 N–H and O–H groups in total. The second-order valence-electron chi connectivity index (χ2n) is 1.44. The van der Waals surface area contributed by atoms with Gasteiger partial charge in [-0.15, -0.1) is 12.1 Å². The van der Waals surface area contributed by atoms with Gasteiger partial charge in [-0.25, -0.2) is 0 Å². The van der Waals surface area contributed by atoms with Gasteiger partial charge in [-0.05, 0) is 0 Å². The highest BCUT2D eigenvalue weighted by atomic mass is 16.5. The lowest BCUT2D eigenvalue weighted by Gasteiger charge is -2.02. The van der Waals surface area contributed by atoms with Gasteiger partial charge in [-0.1, -0.05) is 0 Å². The summed E-state index contributed by atoms with van der Waals surface area (Å²) in [7, 11) is 1.64. The van der Waals surface area contributed by atoms with Gasteiger partial charge in [0.1, 0.15) is 0 Å².